The molecule has 1 N–H and O–H groups in total. The predicted octanol–water partition coefficient (Wildman–Crippen LogP) is 2.85. The molecule has 0 aromatic carbocycles. The summed E-state index contributed by atoms with van der Waals surface area (Å²) in [6.07, 6.45) is 1.19. The molecular formula is C11H18N2. The number of hydrogen-bond acceptors (Lipinski definition) is 2. The molecule has 0 saturated heterocycles. The van der Waals surface area contributed by atoms with Gasteiger partial charge in [0.15, 0.2) is 0 Å². The third-order valence-electron chi connectivity index (χ3n) is 1.92. The van der Waals surface area contributed by atoms with E-state index in [0.29, 0.717) is 0 Å². The van der Waals surface area contributed by atoms with E-state index in [1.165, 1.54) is 6.42 Å². The van der Waals surface area contributed by atoms with Crippen molar-refractivity contribution >= 4 is 5.82 Å². The van der Waals surface area contributed by atoms with Gasteiger partial charge in [-0.15, -0.1) is 0 Å². The molecule has 0 atom stereocenters. The molecule has 72 valence electrons. The summed E-state index contributed by atoms with van der Waals surface area (Å²) in [5.74, 6) is 1.73. The molecule has 0 aliphatic carbocycles. The molecule has 0 bridgehead atoms. The first-order chi connectivity index (χ1) is 6.18. The maximum Gasteiger partial charge on any atom is 0.126 e. The van der Waals surface area contributed by atoms with Crippen molar-refractivity contribution in [2.45, 2.75) is 27.2 Å². The molecule has 0 aliphatic heterocycles. The van der Waals surface area contributed by atoms with E-state index in [1.807, 2.05) is 25.1 Å². The summed E-state index contributed by atoms with van der Waals surface area (Å²) in [7, 11) is 0. The van der Waals surface area contributed by atoms with Crippen LogP contribution in [0.4, 0.5) is 5.82 Å². The zero-order chi connectivity index (χ0) is 9.68. The van der Waals surface area contributed by atoms with Crippen LogP contribution in [0.5, 0.6) is 0 Å². The van der Waals surface area contributed by atoms with Crippen LogP contribution in [0.2, 0.25) is 0 Å². The van der Waals surface area contributed by atoms with Crippen molar-refractivity contribution < 1.29 is 0 Å². The molecule has 1 rings (SSSR count). The van der Waals surface area contributed by atoms with Gasteiger partial charge < -0.3 is 5.32 Å². The third kappa shape index (κ3) is 3.92. The standard InChI is InChI=1S/C11H18N2/c1-9(2)7-8-12-11-6-4-5-10(3)13-11/h4-6,9H,7-8H2,1-3H3,(H,12,13). The van der Waals surface area contributed by atoms with Crippen LogP contribution in [0.3, 0.4) is 0 Å². The number of rotatable bonds is 4. The lowest BCUT2D eigenvalue weighted by Crippen LogP contribution is -2.06. The number of nitrogens with zero attached hydrogens (tertiary/aromatic N) is 1. The first-order valence-corrected chi connectivity index (χ1v) is 4.86. The number of pyridine rings is 1. The van der Waals surface area contributed by atoms with Crippen LogP contribution in [0, 0.1) is 12.8 Å². The highest BCUT2D eigenvalue weighted by Crippen LogP contribution is 2.05. The topological polar surface area (TPSA) is 24.9 Å². The second-order valence-electron chi connectivity index (χ2n) is 3.77. The van der Waals surface area contributed by atoms with Crippen molar-refractivity contribution in [2.24, 2.45) is 5.92 Å². The summed E-state index contributed by atoms with van der Waals surface area (Å²) in [6, 6.07) is 6.04. The molecule has 0 aliphatic rings. The molecule has 0 saturated carbocycles. The Balaban J connectivity index is 2.37. The molecular weight excluding hydrogens is 160 g/mol. The van der Waals surface area contributed by atoms with Crippen molar-refractivity contribution in [3.63, 3.8) is 0 Å². The van der Waals surface area contributed by atoms with Crippen LogP contribution in [0.1, 0.15) is 26.0 Å². The highest BCUT2D eigenvalue weighted by Gasteiger charge is 1.95. The Bertz CT molecular complexity index is 256. The Kier molecular flexibility index (Phi) is 3.74. The summed E-state index contributed by atoms with van der Waals surface area (Å²) >= 11 is 0. The van der Waals surface area contributed by atoms with Gasteiger partial charge in [0.1, 0.15) is 5.82 Å². The second-order valence-corrected chi connectivity index (χ2v) is 3.77. The van der Waals surface area contributed by atoms with Gasteiger partial charge in [-0.25, -0.2) is 4.98 Å². The smallest absolute Gasteiger partial charge is 0.126 e. The summed E-state index contributed by atoms with van der Waals surface area (Å²) in [5.41, 5.74) is 1.06. The van der Waals surface area contributed by atoms with Gasteiger partial charge in [-0.3, -0.25) is 0 Å². The van der Waals surface area contributed by atoms with E-state index in [2.05, 4.69) is 24.1 Å². The minimum absolute atomic E-state index is 0.748. The summed E-state index contributed by atoms with van der Waals surface area (Å²) < 4.78 is 0. The van der Waals surface area contributed by atoms with Crippen molar-refractivity contribution in [1.29, 1.82) is 0 Å². The molecule has 0 spiro atoms. The van der Waals surface area contributed by atoms with Crippen molar-refractivity contribution in [3.05, 3.63) is 23.9 Å². The Morgan fingerprint density at radius 2 is 2.15 bits per heavy atom. The lowest BCUT2D eigenvalue weighted by Gasteiger charge is -2.07. The van der Waals surface area contributed by atoms with Crippen LogP contribution < -0.4 is 5.32 Å². The van der Waals surface area contributed by atoms with Crippen molar-refractivity contribution in [2.75, 3.05) is 11.9 Å². The lowest BCUT2D eigenvalue weighted by molar-refractivity contribution is 0.606. The molecule has 2 heteroatoms. The highest BCUT2D eigenvalue weighted by molar-refractivity contribution is 5.34. The average molecular weight is 178 g/mol. The number of nitrogens with one attached hydrogen (secondary N) is 1. The van der Waals surface area contributed by atoms with Crippen molar-refractivity contribution in [3.8, 4) is 0 Å². The second kappa shape index (κ2) is 4.85. The van der Waals surface area contributed by atoms with Crippen LogP contribution in [0.25, 0.3) is 0 Å². The van der Waals surface area contributed by atoms with Crippen LogP contribution >= 0.6 is 0 Å². The van der Waals surface area contributed by atoms with Crippen molar-refractivity contribution in [1.82, 2.24) is 4.98 Å². The highest BCUT2D eigenvalue weighted by atomic mass is 15.0. The normalized spacial score (nSPS) is 10.5. The van der Waals surface area contributed by atoms with E-state index in [-0.39, 0.29) is 0 Å². The van der Waals surface area contributed by atoms with Gasteiger partial charge in [-0.05, 0) is 31.4 Å². The van der Waals surface area contributed by atoms with Gasteiger partial charge >= 0.3 is 0 Å². The molecule has 0 radical (unpaired) electrons. The number of aryl methyl sites for hydroxylation is 1. The Labute approximate surface area is 80.4 Å². The molecule has 0 fully saturated rings. The lowest BCUT2D eigenvalue weighted by atomic mass is 10.1. The molecule has 1 heterocycles. The molecule has 0 amide bonds. The SMILES string of the molecule is Cc1cccc(NCCC(C)C)n1. The Morgan fingerprint density at radius 1 is 1.38 bits per heavy atom. The summed E-state index contributed by atoms with van der Waals surface area (Å²) in [5, 5.41) is 3.31. The van der Waals surface area contributed by atoms with Gasteiger partial charge in [0.05, 0.1) is 0 Å². The van der Waals surface area contributed by atoms with E-state index in [1.54, 1.807) is 0 Å². The molecule has 1 aromatic rings. The maximum atomic E-state index is 4.36. The quantitative estimate of drug-likeness (QED) is 0.766. The fourth-order valence-corrected chi connectivity index (χ4v) is 1.13. The molecule has 13 heavy (non-hydrogen) atoms. The number of anilines is 1. The van der Waals surface area contributed by atoms with E-state index in [0.717, 1.165) is 24.0 Å². The Morgan fingerprint density at radius 3 is 2.77 bits per heavy atom. The fraction of sp³-hybridized carbons (Fsp3) is 0.545. The van der Waals surface area contributed by atoms with Crippen LogP contribution in [-0.2, 0) is 0 Å². The number of aromatic nitrogens is 1. The van der Waals surface area contributed by atoms with Gasteiger partial charge in [0, 0.05) is 12.2 Å². The average Bonchev–Trinajstić information content (AvgIpc) is 2.03. The Hall–Kier alpha value is -1.05. The van der Waals surface area contributed by atoms with Crippen LogP contribution in [-0.4, -0.2) is 11.5 Å². The van der Waals surface area contributed by atoms with Crippen LogP contribution in [0.15, 0.2) is 18.2 Å². The van der Waals surface area contributed by atoms with E-state index in [9.17, 15) is 0 Å². The first kappa shape index (κ1) is 10.0. The molecule has 1 aromatic heterocycles. The minimum Gasteiger partial charge on any atom is -0.370 e. The van der Waals surface area contributed by atoms with Gasteiger partial charge in [-0.2, -0.15) is 0 Å². The van der Waals surface area contributed by atoms with E-state index in [4.69, 9.17) is 0 Å². The largest absolute Gasteiger partial charge is 0.370 e. The molecule has 0 unspecified atom stereocenters. The zero-order valence-electron chi connectivity index (χ0n) is 8.67. The van der Waals surface area contributed by atoms with Gasteiger partial charge in [0.25, 0.3) is 0 Å². The fourth-order valence-electron chi connectivity index (χ4n) is 1.13. The minimum atomic E-state index is 0.748. The summed E-state index contributed by atoms with van der Waals surface area (Å²) in [6.45, 7) is 7.47. The zero-order valence-corrected chi connectivity index (χ0v) is 8.67. The van der Waals surface area contributed by atoms with E-state index >= 15 is 0 Å². The summed E-state index contributed by atoms with van der Waals surface area (Å²) in [4.78, 5) is 4.36. The van der Waals surface area contributed by atoms with Gasteiger partial charge in [-0.1, -0.05) is 19.9 Å². The third-order valence-corrected chi connectivity index (χ3v) is 1.92. The predicted molar refractivity (Wildman–Crippen MR) is 56.9 cm³/mol. The maximum absolute atomic E-state index is 4.36. The molecule has 2 nitrogen and oxygen atoms in total. The van der Waals surface area contributed by atoms with E-state index < -0.39 is 0 Å². The first-order valence-electron chi connectivity index (χ1n) is 4.86. The number of hydrogen-bond donors (Lipinski definition) is 1. The monoisotopic (exact) mass is 178 g/mol. The van der Waals surface area contributed by atoms with Gasteiger partial charge in [0.2, 0.25) is 0 Å².